The van der Waals surface area contributed by atoms with Crippen LogP contribution < -0.4 is 15.4 Å². The largest absolute Gasteiger partial charge is 0.350 e. The zero-order chi connectivity index (χ0) is 17.1. The highest BCUT2D eigenvalue weighted by Gasteiger charge is 2.22. The van der Waals surface area contributed by atoms with Gasteiger partial charge in [0.25, 0.3) is 5.91 Å². The van der Waals surface area contributed by atoms with Gasteiger partial charge in [-0.15, -0.1) is 12.4 Å². The number of halogens is 1. The van der Waals surface area contributed by atoms with Crippen molar-refractivity contribution < 1.29 is 13.2 Å². The highest BCUT2D eigenvalue weighted by molar-refractivity contribution is 7.89. The smallest absolute Gasteiger partial charge is 0.251 e. The Hall–Kier alpha value is -1.15. The molecule has 0 aliphatic carbocycles. The van der Waals surface area contributed by atoms with E-state index in [4.69, 9.17) is 0 Å². The van der Waals surface area contributed by atoms with Gasteiger partial charge in [0.05, 0.1) is 4.90 Å². The van der Waals surface area contributed by atoms with Crippen LogP contribution in [0, 0.1) is 0 Å². The fourth-order valence-corrected chi connectivity index (χ4v) is 3.91. The minimum Gasteiger partial charge on any atom is -0.350 e. The molecule has 6 nitrogen and oxygen atoms in total. The number of hydrogen-bond donors (Lipinski definition) is 3. The van der Waals surface area contributed by atoms with E-state index >= 15 is 0 Å². The minimum atomic E-state index is -3.58. The summed E-state index contributed by atoms with van der Waals surface area (Å²) in [5, 5.41) is 6.18. The molecular weight excluding hydrogens is 350 g/mol. The molecule has 1 aliphatic heterocycles. The van der Waals surface area contributed by atoms with Crippen LogP contribution in [-0.4, -0.2) is 39.0 Å². The summed E-state index contributed by atoms with van der Waals surface area (Å²) in [6.07, 6.45) is 2.20. The summed E-state index contributed by atoms with van der Waals surface area (Å²) in [7, 11) is -3.58. The molecule has 0 spiro atoms. The Balaban J connectivity index is 0.00000288. The zero-order valence-corrected chi connectivity index (χ0v) is 15.9. The van der Waals surface area contributed by atoms with Crippen molar-refractivity contribution in [1.29, 1.82) is 0 Å². The van der Waals surface area contributed by atoms with Crippen LogP contribution in [0.5, 0.6) is 0 Å². The third-order valence-electron chi connectivity index (χ3n) is 3.54. The van der Waals surface area contributed by atoms with Crippen molar-refractivity contribution in [3.63, 3.8) is 0 Å². The third kappa shape index (κ3) is 6.05. The Morgan fingerprint density at radius 3 is 2.38 bits per heavy atom. The molecule has 2 rings (SSSR count). The summed E-state index contributed by atoms with van der Waals surface area (Å²) < 4.78 is 27.0. The molecule has 1 amide bonds. The maximum atomic E-state index is 12.2. The van der Waals surface area contributed by atoms with Gasteiger partial charge in [-0.2, -0.15) is 0 Å². The first kappa shape index (κ1) is 20.9. The first-order valence-electron chi connectivity index (χ1n) is 7.83. The Morgan fingerprint density at radius 1 is 1.25 bits per heavy atom. The Bertz CT molecular complexity index is 648. The molecule has 1 aromatic rings. The van der Waals surface area contributed by atoms with Gasteiger partial charge in [0.15, 0.2) is 0 Å². The van der Waals surface area contributed by atoms with E-state index in [2.05, 4.69) is 15.4 Å². The molecule has 1 heterocycles. The van der Waals surface area contributed by atoms with Crippen LogP contribution >= 0.6 is 12.4 Å². The molecule has 0 aromatic heterocycles. The summed E-state index contributed by atoms with van der Waals surface area (Å²) >= 11 is 0. The number of nitrogens with one attached hydrogen (secondary N) is 3. The fraction of sp³-hybridized carbons (Fsp3) is 0.562. The Morgan fingerprint density at radius 2 is 1.88 bits per heavy atom. The van der Waals surface area contributed by atoms with Gasteiger partial charge in [-0.05, 0) is 64.4 Å². The Labute approximate surface area is 150 Å². The minimum absolute atomic E-state index is 0. The summed E-state index contributed by atoms with van der Waals surface area (Å²) in [5.41, 5.74) is -0.0962. The van der Waals surface area contributed by atoms with E-state index < -0.39 is 15.6 Å². The highest BCUT2D eigenvalue weighted by Crippen LogP contribution is 2.14. The van der Waals surface area contributed by atoms with Crippen LogP contribution in [0.25, 0.3) is 0 Å². The zero-order valence-electron chi connectivity index (χ0n) is 14.3. The number of carbonyl (C=O) groups is 1. The topological polar surface area (TPSA) is 87.3 Å². The molecule has 0 radical (unpaired) electrons. The lowest BCUT2D eigenvalue weighted by molar-refractivity contribution is 0.0950. The van der Waals surface area contributed by atoms with E-state index in [1.807, 2.05) is 0 Å². The van der Waals surface area contributed by atoms with Gasteiger partial charge in [0.1, 0.15) is 0 Å². The monoisotopic (exact) mass is 375 g/mol. The second-order valence-corrected chi connectivity index (χ2v) is 8.57. The van der Waals surface area contributed by atoms with Gasteiger partial charge >= 0.3 is 0 Å². The van der Waals surface area contributed by atoms with Crippen molar-refractivity contribution >= 4 is 28.3 Å². The summed E-state index contributed by atoms with van der Waals surface area (Å²) in [5.74, 6) is -0.188. The molecule has 0 bridgehead atoms. The lowest BCUT2D eigenvalue weighted by Crippen LogP contribution is -2.40. The molecule has 1 fully saturated rings. The van der Waals surface area contributed by atoms with Crippen LogP contribution in [0.3, 0.4) is 0 Å². The summed E-state index contributed by atoms with van der Waals surface area (Å²) in [6, 6.07) is 6.31. The number of sulfonamides is 1. The molecule has 3 N–H and O–H groups in total. The van der Waals surface area contributed by atoms with Crippen molar-refractivity contribution in [3.05, 3.63) is 29.8 Å². The van der Waals surface area contributed by atoms with Crippen molar-refractivity contribution in [2.24, 2.45) is 0 Å². The summed E-state index contributed by atoms with van der Waals surface area (Å²) in [6.45, 7) is 6.93. The van der Waals surface area contributed by atoms with E-state index in [1.54, 1.807) is 20.8 Å². The number of amides is 1. The number of rotatable bonds is 5. The van der Waals surface area contributed by atoms with Crippen LogP contribution in [0.1, 0.15) is 44.0 Å². The number of benzene rings is 1. The molecule has 1 aromatic carbocycles. The Kier molecular flexibility index (Phi) is 7.22. The van der Waals surface area contributed by atoms with Gasteiger partial charge in [-0.1, -0.05) is 0 Å². The van der Waals surface area contributed by atoms with Gasteiger partial charge in [-0.25, -0.2) is 13.1 Å². The maximum absolute atomic E-state index is 12.2. The predicted octanol–water partition coefficient (Wildman–Crippen LogP) is 1.67. The quantitative estimate of drug-likeness (QED) is 0.730. The van der Waals surface area contributed by atoms with Crippen molar-refractivity contribution in [1.82, 2.24) is 15.4 Å². The number of hydrogen-bond acceptors (Lipinski definition) is 4. The molecule has 1 unspecified atom stereocenters. The molecule has 8 heteroatoms. The normalized spacial score (nSPS) is 18.0. The van der Waals surface area contributed by atoms with Gasteiger partial charge in [-0.3, -0.25) is 4.79 Å². The third-order valence-corrected chi connectivity index (χ3v) is 5.31. The summed E-state index contributed by atoms with van der Waals surface area (Å²) in [4.78, 5) is 12.2. The standard InChI is InChI=1S/C16H25N3O3S.ClH/c1-16(2,3)19-23(21,22)14-8-6-12(7-9-14)15(20)18-11-13-5-4-10-17-13;/h6-9,13,17,19H,4-5,10-11H2,1-3H3,(H,18,20);1H. The maximum Gasteiger partial charge on any atom is 0.251 e. The fourth-order valence-electron chi connectivity index (χ4n) is 2.50. The predicted molar refractivity (Wildman–Crippen MR) is 97.1 cm³/mol. The molecule has 136 valence electrons. The van der Waals surface area contributed by atoms with E-state index in [9.17, 15) is 13.2 Å². The van der Waals surface area contributed by atoms with E-state index in [-0.39, 0.29) is 23.2 Å². The van der Waals surface area contributed by atoms with Gasteiger partial charge < -0.3 is 10.6 Å². The van der Waals surface area contributed by atoms with Gasteiger partial charge in [0.2, 0.25) is 10.0 Å². The second kappa shape index (κ2) is 8.29. The van der Waals surface area contributed by atoms with Crippen molar-refractivity contribution in [3.8, 4) is 0 Å². The second-order valence-electron chi connectivity index (χ2n) is 6.88. The average molecular weight is 376 g/mol. The molecule has 0 saturated carbocycles. The van der Waals surface area contributed by atoms with E-state index in [0.29, 0.717) is 18.2 Å². The van der Waals surface area contributed by atoms with Crippen LogP contribution in [0.15, 0.2) is 29.2 Å². The molecule has 1 aliphatic rings. The van der Waals surface area contributed by atoms with Crippen molar-refractivity contribution in [2.75, 3.05) is 13.1 Å². The molecular formula is C16H26ClN3O3S. The SMILES string of the molecule is CC(C)(C)NS(=O)(=O)c1ccc(C(=O)NCC2CCCN2)cc1.Cl. The number of carbonyl (C=O) groups excluding carboxylic acids is 1. The highest BCUT2D eigenvalue weighted by atomic mass is 35.5. The lowest BCUT2D eigenvalue weighted by atomic mass is 10.1. The van der Waals surface area contributed by atoms with E-state index in [1.165, 1.54) is 24.3 Å². The first-order chi connectivity index (χ1) is 10.7. The lowest BCUT2D eigenvalue weighted by Gasteiger charge is -2.20. The van der Waals surface area contributed by atoms with Gasteiger partial charge in [0, 0.05) is 23.7 Å². The van der Waals surface area contributed by atoms with E-state index in [0.717, 1.165) is 19.4 Å². The molecule has 1 saturated heterocycles. The average Bonchev–Trinajstić information content (AvgIpc) is 2.95. The molecule has 1 atom stereocenters. The van der Waals surface area contributed by atoms with Crippen LogP contribution in [-0.2, 0) is 10.0 Å². The van der Waals surface area contributed by atoms with Crippen LogP contribution in [0.4, 0.5) is 0 Å². The molecule has 24 heavy (non-hydrogen) atoms. The van der Waals surface area contributed by atoms with Crippen LogP contribution in [0.2, 0.25) is 0 Å². The van der Waals surface area contributed by atoms with Crippen molar-refractivity contribution in [2.45, 2.75) is 50.1 Å². The first-order valence-corrected chi connectivity index (χ1v) is 9.31.